The number of amides is 1. The minimum Gasteiger partial charge on any atom is -0.497 e. The molecule has 3 rings (SSSR count). The minimum absolute atomic E-state index is 0.105. The minimum atomic E-state index is -1.31. The number of carboxylic acid groups (broad SMARTS) is 1. The number of benzene rings is 2. The van der Waals surface area contributed by atoms with Gasteiger partial charge in [-0.2, -0.15) is 0 Å². The summed E-state index contributed by atoms with van der Waals surface area (Å²) in [5, 5.41) is 16.0. The second kappa shape index (κ2) is 8.55. The lowest BCUT2D eigenvalue weighted by Crippen LogP contribution is -2.29. The first kappa shape index (κ1) is 20.1. The smallest absolute Gasteiger partial charge is 0.375 e. The number of ether oxygens (including phenoxy) is 1. The van der Waals surface area contributed by atoms with Crippen LogP contribution >= 0.6 is 0 Å². The highest BCUT2D eigenvalue weighted by molar-refractivity contribution is 5.89. The predicted octanol–water partition coefficient (Wildman–Crippen LogP) is 3.61. The van der Waals surface area contributed by atoms with Gasteiger partial charge >= 0.3 is 5.97 Å². The summed E-state index contributed by atoms with van der Waals surface area (Å²) in [6, 6.07) is 11.8. The quantitative estimate of drug-likeness (QED) is 0.630. The van der Waals surface area contributed by atoms with Gasteiger partial charge in [-0.05, 0) is 48.9 Å². The van der Waals surface area contributed by atoms with E-state index in [9.17, 15) is 19.1 Å². The van der Waals surface area contributed by atoms with Gasteiger partial charge in [0.05, 0.1) is 25.1 Å². The molecule has 1 aromatic heterocycles. The zero-order valence-corrected chi connectivity index (χ0v) is 15.8. The lowest BCUT2D eigenvalue weighted by molar-refractivity contribution is -0.121. The fourth-order valence-corrected chi connectivity index (χ4v) is 2.96. The summed E-state index contributed by atoms with van der Waals surface area (Å²) in [7, 11) is 1.56. The van der Waals surface area contributed by atoms with Crippen molar-refractivity contribution < 1.29 is 28.3 Å². The molecule has 0 aliphatic carbocycles. The van der Waals surface area contributed by atoms with Gasteiger partial charge < -0.3 is 19.7 Å². The molecule has 0 aliphatic rings. The van der Waals surface area contributed by atoms with Gasteiger partial charge in [0, 0.05) is 5.56 Å². The third-order valence-electron chi connectivity index (χ3n) is 4.37. The summed E-state index contributed by atoms with van der Waals surface area (Å²) in [6.07, 6.45) is 0.105. The summed E-state index contributed by atoms with van der Waals surface area (Å²) < 4.78 is 23.3. The van der Waals surface area contributed by atoms with Crippen molar-refractivity contribution in [2.24, 2.45) is 0 Å². The molecule has 7 nitrogen and oxygen atoms in total. The molecular weight excluding hydrogens is 379 g/mol. The fraction of sp³-hybridized carbons (Fsp3) is 0.190. The molecule has 0 bridgehead atoms. The first-order chi connectivity index (χ1) is 13.9. The Morgan fingerprint density at radius 3 is 2.41 bits per heavy atom. The zero-order valence-electron chi connectivity index (χ0n) is 15.8. The average Bonchev–Trinajstić information content (AvgIpc) is 3.14. The number of carboxylic acids is 1. The van der Waals surface area contributed by atoms with Crippen LogP contribution in [0.5, 0.6) is 5.75 Å². The van der Waals surface area contributed by atoms with Crippen molar-refractivity contribution >= 4 is 11.9 Å². The second-order valence-corrected chi connectivity index (χ2v) is 6.40. The Kier molecular flexibility index (Phi) is 5.92. The molecule has 1 amide bonds. The summed E-state index contributed by atoms with van der Waals surface area (Å²) in [5.41, 5.74) is 1.71. The average molecular weight is 398 g/mol. The Morgan fingerprint density at radius 2 is 1.83 bits per heavy atom. The van der Waals surface area contributed by atoms with Crippen LogP contribution in [0.4, 0.5) is 4.39 Å². The van der Waals surface area contributed by atoms with Crippen LogP contribution in [0.3, 0.4) is 0 Å². The summed E-state index contributed by atoms with van der Waals surface area (Å²) >= 11 is 0. The number of carbonyl (C=O) groups excluding carboxylic acids is 1. The highest BCUT2D eigenvalue weighted by Crippen LogP contribution is 2.31. The van der Waals surface area contributed by atoms with Crippen LogP contribution < -0.4 is 10.1 Å². The Morgan fingerprint density at radius 1 is 1.17 bits per heavy atom. The van der Waals surface area contributed by atoms with Crippen molar-refractivity contribution in [3.05, 3.63) is 71.2 Å². The maximum absolute atomic E-state index is 13.2. The number of rotatable bonds is 7. The van der Waals surface area contributed by atoms with Crippen LogP contribution in [0, 0.1) is 5.82 Å². The van der Waals surface area contributed by atoms with E-state index in [0.717, 1.165) is 5.56 Å². The van der Waals surface area contributed by atoms with Crippen LogP contribution in [-0.4, -0.2) is 29.2 Å². The molecule has 1 atom stereocenters. The van der Waals surface area contributed by atoms with Crippen molar-refractivity contribution in [1.29, 1.82) is 0 Å². The van der Waals surface area contributed by atoms with Gasteiger partial charge in [0.2, 0.25) is 11.7 Å². The molecule has 8 heteroatoms. The molecule has 29 heavy (non-hydrogen) atoms. The SMILES string of the molecule is COc1ccc(CC(=O)N[C@H](C)c2c(-c3ccc(F)cc3)noc2C(=O)O)cc1. The number of halogens is 1. The number of nitrogens with zero attached hydrogens (tertiary/aromatic N) is 1. The summed E-state index contributed by atoms with van der Waals surface area (Å²) in [6.45, 7) is 1.64. The van der Waals surface area contributed by atoms with Gasteiger partial charge in [0.1, 0.15) is 17.3 Å². The number of hydrogen-bond donors (Lipinski definition) is 2. The van der Waals surface area contributed by atoms with Gasteiger partial charge in [-0.1, -0.05) is 17.3 Å². The number of hydrogen-bond acceptors (Lipinski definition) is 5. The lowest BCUT2D eigenvalue weighted by Gasteiger charge is -2.15. The number of aromatic nitrogens is 1. The van der Waals surface area contributed by atoms with Crippen molar-refractivity contribution in [2.75, 3.05) is 7.11 Å². The van der Waals surface area contributed by atoms with Crippen LogP contribution in [-0.2, 0) is 11.2 Å². The molecule has 150 valence electrons. The van der Waals surface area contributed by atoms with Gasteiger partial charge in [-0.15, -0.1) is 0 Å². The van der Waals surface area contributed by atoms with E-state index in [1.165, 1.54) is 24.3 Å². The third kappa shape index (κ3) is 4.60. The molecule has 0 saturated carbocycles. The number of carbonyl (C=O) groups is 2. The van der Waals surface area contributed by atoms with Crippen LogP contribution in [0.15, 0.2) is 53.1 Å². The second-order valence-electron chi connectivity index (χ2n) is 6.40. The standard InChI is InChI=1S/C21H19FN2O5/c1-12(23-17(25)11-13-3-9-16(28-2)10-4-13)18-19(24-29-20(18)21(26)27)14-5-7-15(22)8-6-14/h3-10,12H,11H2,1-2H3,(H,23,25)(H,26,27)/t12-/m1/s1. The largest absolute Gasteiger partial charge is 0.497 e. The van der Waals surface area contributed by atoms with Gasteiger partial charge in [0.25, 0.3) is 0 Å². The monoisotopic (exact) mass is 398 g/mol. The molecule has 2 N–H and O–H groups in total. The third-order valence-corrected chi connectivity index (χ3v) is 4.37. The predicted molar refractivity (Wildman–Crippen MR) is 102 cm³/mol. The lowest BCUT2D eigenvalue weighted by atomic mass is 10.00. The van der Waals surface area contributed by atoms with Crippen LogP contribution in [0.25, 0.3) is 11.3 Å². The van der Waals surface area contributed by atoms with Gasteiger partial charge in [0.15, 0.2) is 0 Å². The van der Waals surface area contributed by atoms with Crippen molar-refractivity contribution in [2.45, 2.75) is 19.4 Å². The highest BCUT2D eigenvalue weighted by Gasteiger charge is 2.28. The van der Waals surface area contributed by atoms with E-state index in [4.69, 9.17) is 9.26 Å². The summed E-state index contributed by atoms with van der Waals surface area (Å²) in [5.74, 6) is -1.73. The van der Waals surface area contributed by atoms with E-state index in [1.54, 1.807) is 38.3 Å². The number of methoxy groups -OCH3 is 1. The van der Waals surface area contributed by atoms with Crippen molar-refractivity contribution in [3.8, 4) is 17.0 Å². The highest BCUT2D eigenvalue weighted by atomic mass is 19.1. The van der Waals surface area contributed by atoms with E-state index < -0.39 is 17.8 Å². The van der Waals surface area contributed by atoms with Gasteiger partial charge in [-0.25, -0.2) is 9.18 Å². The van der Waals surface area contributed by atoms with Crippen molar-refractivity contribution in [3.63, 3.8) is 0 Å². The molecule has 2 aromatic carbocycles. The van der Waals surface area contributed by atoms with E-state index >= 15 is 0 Å². The number of nitrogens with one attached hydrogen (secondary N) is 1. The zero-order chi connectivity index (χ0) is 21.0. The molecule has 0 saturated heterocycles. The van der Waals surface area contributed by atoms with Gasteiger partial charge in [-0.3, -0.25) is 4.79 Å². The first-order valence-corrected chi connectivity index (χ1v) is 8.80. The fourth-order valence-electron chi connectivity index (χ4n) is 2.96. The molecule has 3 aromatic rings. The molecule has 0 fully saturated rings. The molecule has 0 radical (unpaired) electrons. The topological polar surface area (TPSA) is 102 Å². The Hall–Kier alpha value is -3.68. The Bertz CT molecular complexity index is 1010. The molecule has 0 unspecified atom stereocenters. The normalized spacial score (nSPS) is 11.7. The van der Waals surface area contributed by atoms with Crippen LogP contribution in [0.2, 0.25) is 0 Å². The maximum atomic E-state index is 13.2. The molecular formula is C21H19FN2O5. The van der Waals surface area contributed by atoms with E-state index in [2.05, 4.69) is 10.5 Å². The molecule has 0 spiro atoms. The molecule has 1 heterocycles. The molecule has 0 aliphatic heterocycles. The Labute approximate surface area is 166 Å². The van der Waals surface area contributed by atoms with Crippen molar-refractivity contribution in [1.82, 2.24) is 10.5 Å². The first-order valence-electron chi connectivity index (χ1n) is 8.80. The van der Waals surface area contributed by atoms with E-state index in [-0.39, 0.29) is 29.3 Å². The van der Waals surface area contributed by atoms with E-state index in [0.29, 0.717) is 11.3 Å². The van der Waals surface area contributed by atoms with E-state index in [1.807, 2.05) is 0 Å². The number of aromatic carboxylic acids is 1. The summed E-state index contributed by atoms with van der Waals surface area (Å²) in [4.78, 5) is 24.0. The van der Waals surface area contributed by atoms with Crippen LogP contribution in [0.1, 0.15) is 34.6 Å². The Balaban J connectivity index is 1.82. The maximum Gasteiger partial charge on any atom is 0.375 e.